The molecule has 1 aliphatic rings. The molecule has 2 rings (SSSR count). The fourth-order valence-corrected chi connectivity index (χ4v) is 2.48. The minimum atomic E-state index is -4.17. The highest BCUT2D eigenvalue weighted by molar-refractivity contribution is 6.30. The van der Waals surface area contributed by atoms with Gasteiger partial charge in [0.2, 0.25) is 0 Å². The maximum Gasteiger partial charge on any atom is 0.390 e. The van der Waals surface area contributed by atoms with Crippen LogP contribution in [0.15, 0.2) is 24.3 Å². The Kier molecular flexibility index (Phi) is 6.58. The van der Waals surface area contributed by atoms with Crippen LogP contribution >= 0.6 is 24.0 Å². The van der Waals surface area contributed by atoms with E-state index in [2.05, 4.69) is 5.32 Å². The average molecular weight is 329 g/mol. The number of hydrogen-bond donors (Lipinski definition) is 1. The Balaban J connectivity index is 0.00000200. The molecule has 20 heavy (non-hydrogen) atoms. The lowest BCUT2D eigenvalue weighted by Gasteiger charge is -2.35. The lowest BCUT2D eigenvalue weighted by atomic mass is 10.0. The van der Waals surface area contributed by atoms with Crippen LogP contribution in [0.3, 0.4) is 0 Å². The normalized spacial score (nSPS) is 18.4. The quantitative estimate of drug-likeness (QED) is 0.910. The fraction of sp³-hybridized carbons (Fsp3) is 0.538. The summed E-state index contributed by atoms with van der Waals surface area (Å²) in [7, 11) is 0. The van der Waals surface area contributed by atoms with Crippen molar-refractivity contribution in [1.82, 2.24) is 10.2 Å². The van der Waals surface area contributed by atoms with E-state index in [1.165, 1.54) is 0 Å². The van der Waals surface area contributed by atoms with Gasteiger partial charge in [-0.1, -0.05) is 23.7 Å². The number of piperazine rings is 1. The van der Waals surface area contributed by atoms with Gasteiger partial charge in [0.05, 0.1) is 6.42 Å². The van der Waals surface area contributed by atoms with Crippen molar-refractivity contribution in [1.29, 1.82) is 0 Å². The third-order valence-corrected chi connectivity index (χ3v) is 3.52. The minimum Gasteiger partial charge on any atom is -0.314 e. The molecule has 0 aliphatic carbocycles. The first kappa shape index (κ1) is 17.6. The van der Waals surface area contributed by atoms with Gasteiger partial charge in [0.15, 0.2) is 0 Å². The Bertz CT molecular complexity index is 403. The smallest absolute Gasteiger partial charge is 0.314 e. The summed E-state index contributed by atoms with van der Waals surface area (Å²) in [6, 6.07) is 6.02. The van der Waals surface area contributed by atoms with Gasteiger partial charge in [0.25, 0.3) is 0 Å². The second-order valence-corrected chi connectivity index (χ2v) is 5.11. The van der Waals surface area contributed by atoms with Crippen LogP contribution in [-0.4, -0.2) is 37.3 Å². The van der Waals surface area contributed by atoms with Crippen LogP contribution in [0.2, 0.25) is 5.02 Å². The number of alkyl halides is 3. The molecule has 2 nitrogen and oxygen atoms in total. The molecule has 1 aliphatic heterocycles. The first-order chi connectivity index (χ1) is 8.96. The molecule has 1 N–H and O–H groups in total. The summed E-state index contributed by atoms with van der Waals surface area (Å²) in [4.78, 5) is 1.88. The van der Waals surface area contributed by atoms with E-state index >= 15 is 0 Å². The number of halogens is 5. The molecule has 1 heterocycles. The molecule has 0 aromatic heterocycles. The number of hydrogen-bond acceptors (Lipinski definition) is 2. The molecule has 1 aromatic rings. The van der Waals surface area contributed by atoms with Crippen LogP contribution < -0.4 is 5.32 Å². The first-order valence-corrected chi connectivity index (χ1v) is 6.60. The molecule has 0 unspecified atom stereocenters. The van der Waals surface area contributed by atoms with Crippen LogP contribution in [0.4, 0.5) is 13.2 Å². The second kappa shape index (κ2) is 7.50. The summed E-state index contributed by atoms with van der Waals surface area (Å²) in [6.07, 6.45) is -5.00. The molecule has 0 amide bonds. The number of rotatable bonds is 3. The first-order valence-electron chi connectivity index (χ1n) is 6.23. The van der Waals surface area contributed by atoms with Crippen molar-refractivity contribution in [2.24, 2.45) is 0 Å². The van der Waals surface area contributed by atoms with E-state index in [9.17, 15) is 13.2 Å². The Morgan fingerprint density at radius 2 is 1.70 bits per heavy atom. The van der Waals surface area contributed by atoms with Crippen LogP contribution in [0.5, 0.6) is 0 Å². The van der Waals surface area contributed by atoms with E-state index in [0.29, 0.717) is 23.7 Å². The van der Waals surface area contributed by atoms with Crippen molar-refractivity contribution in [3.05, 3.63) is 34.9 Å². The number of nitrogens with one attached hydrogen (secondary N) is 1. The summed E-state index contributed by atoms with van der Waals surface area (Å²) in [6.45, 7) is 2.70. The van der Waals surface area contributed by atoms with Crippen molar-refractivity contribution >= 4 is 24.0 Å². The molecule has 0 radical (unpaired) electrons. The van der Waals surface area contributed by atoms with Crippen molar-refractivity contribution in [3.8, 4) is 0 Å². The highest BCUT2D eigenvalue weighted by Crippen LogP contribution is 2.34. The van der Waals surface area contributed by atoms with Gasteiger partial charge in [-0.05, 0) is 17.7 Å². The number of benzene rings is 1. The predicted octanol–water partition coefficient (Wildman–Crippen LogP) is 3.66. The number of nitrogens with zero attached hydrogens (tertiary/aromatic N) is 1. The second-order valence-electron chi connectivity index (χ2n) is 4.67. The molecule has 0 saturated carbocycles. The molecule has 1 aromatic carbocycles. The zero-order chi connectivity index (χ0) is 13.9. The van der Waals surface area contributed by atoms with E-state index in [0.717, 1.165) is 13.1 Å². The van der Waals surface area contributed by atoms with E-state index in [-0.39, 0.29) is 12.4 Å². The summed E-state index contributed by atoms with van der Waals surface area (Å²) < 4.78 is 38.3. The maximum absolute atomic E-state index is 12.8. The van der Waals surface area contributed by atoms with Crippen molar-refractivity contribution < 1.29 is 13.2 Å². The van der Waals surface area contributed by atoms with E-state index in [4.69, 9.17) is 11.6 Å². The largest absolute Gasteiger partial charge is 0.390 e. The SMILES string of the molecule is Cl.FC(F)(F)C[C@H](c1ccc(Cl)cc1)N1CCNCC1. The van der Waals surface area contributed by atoms with Crippen molar-refractivity contribution in [3.63, 3.8) is 0 Å². The third kappa shape index (κ3) is 5.13. The lowest BCUT2D eigenvalue weighted by molar-refractivity contribution is -0.148. The average Bonchev–Trinajstić information content (AvgIpc) is 2.37. The summed E-state index contributed by atoms with van der Waals surface area (Å²) >= 11 is 5.79. The van der Waals surface area contributed by atoms with Gasteiger partial charge in [0.1, 0.15) is 0 Å². The molecular weight excluding hydrogens is 312 g/mol. The van der Waals surface area contributed by atoms with Gasteiger partial charge in [-0.3, -0.25) is 4.90 Å². The Morgan fingerprint density at radius 3 is 2.20 bits per heavy atom. The standard InChI is InChI=1S/C13H16ClF3N2.ClH/c14-11-3-1-10(2-4-11)12(9-13(15,16)17)19-7-5-18-6-8-19;/h1-4,12,18H,5-9H2;1H/t12-;/m1./s1. The Hall–Kier alpha value is -0.490. The van der Waals surface area contributed by atoms with Gasteiger partial charge in [-0.25, -0.2) is 0 Å². The molecule has 0 bridgehead atoms. The van der Waals surface area contributed by atoms with E-state index < -0.39 is 18.6 Å². The Labute approximate surface area is 127 Å². The summed E-state index contributed by atoms with van der Waals surface area (Å²) in [5, 5.41) is 3.69. The molecule has 1 fully saturated rings. The van der Waals surface area contributed by atoms with Crippen molar-refractivity contribution in [2.45, 2.75) is 18.6 Å². The minimum absolute atomic E-state index is 0. The Morgan fingerprint density at radius 1 is 1.15 bits per heavy atom. The van der Waals surface area contributed by atoms with Crippen LogP contribution in [0.25, 0.3) is 0 Å². The predicted molar refractivity (Wildman–Crippen MR) is 76.6 cm³/mol. The van der Waals surface area contributed by atoms with Gasteiger partial charge in [-0.2, -0.15) is 13.2 Å². The van der Waals surface area contributed by atoms with E-state index in [1.54, 1.807) is 24.3 Å². The van der Waals surface area contributed by atoms with Crippen LogP contribution in [0, 0.1) is 0 Å². The van der Waals surface area contributed by atoms with Gasteiger partial charge in [0, 0.05) is 37.2 Å². The van der Waals surface area contributed by atoms with Gasteiger partial charge >= 0.3 is 6.18 Å². The maximum atomic E-state index is 12.8. The van der Waals surface area contributed by atoms with Crippen LogP contribution in [0.1, 0.15) is 18.0 Å². The molecule has 1 atom stereocenters. The van der Waals surface area contributed by atoms with Gasteiger partial charge < -0.3 is 5.32 Å². The molecular formula is C13H17Cl2F3N2. The highest BCUT2D eigenvalue weighted by Gasteiger charge is 2.35. The van der Waals surface area contributed by atoms with E-state index in [1.807, 2.05) is 4.90 Å². The zero-order valence-electron chi connectivity index (χ0n) is 10.8. The molecule has 114 valence electrons. The molecule has 7 heteroatoms. The van der Waals surface area contributed by atoms with Crippen molar-refractivity contribution in [2.75, 3.05) is 26.2 Å². The summed E-state index contributed by atoms with van der Waals surface area (Å²) in [5.41, 5.74) is 0.670. The highest BCUT2D eigenvalue weighted by atomic mass is 35.5. The van der Waals surface area contributed by atoms with Gasteiger partial charge in [-0.15, -0.1) is 12.4 Å². The monoisotopic (exact) mass is 328 g/mol. The summed E-state index contributed by atoms with van der Waals surface area (Å²) in [5.74, 6) is 0. The lowest BCUT2D eigenvalue weighted by Crippen LogP contribution is -2.46. The fourth-order valence-electron chi connectivity index (χ4n) is 2.36. The topological polar surface area (TPSA) is 15.3 Å². The molecule has 0 spiro atoms. The molecule has 1 saturated heterocycles. The van der Waals surface area contributed by atoms with Crippen LogP contribution in [-0.2, 0) is 0 Å². The zero-order valence-corrected chi connectivity index (χ0v) is 12.4. The third-order valence-electron chi connectivity index (χ3n) is 3.27.